The van der Waals surface area contributed by atoms with Gasteiger partial charge in [-0.15, -0.1) is 0 Å². The molecular weight excluding hydrogens is 277 g/mol. The van der Waals surface area contributed by atoms with Gasteiger partial charge >= 0.3 is 0 Å². The zero-order valence-corrected chi connectivity index (χ0v) is 10.8. The third-order valence-corrected chi connectivity index (χ3v) is 3.10. The van der Waals surface area contributed by atoms with E-state index in [1.54, 1.807) is 18.2 Å². The molecule has 96 valence electrons. The first-order valence-corrected chi connectivity index (χ1v) is 5.99. The highest BCUT2D eigenvalue weighted by atomic mass is 35.5. The normalized spacial score (nSPS) is 12.7. The summed E-state index contributed by atoms with van der Waals surface area (Å²) >= 11 is 12.1. The zero-order chi connectivity index (χ0) is 13.1. The molecule has 0 amide bonds. The fourth-order valence-corrected chi connectivity index (χ4v) is 1.96. The lowest BCUT2D eigenvalue weighted by Gasteiger charge is -2.03. The predicted octanol–water partition coefficient (Wildman–Crippen LogP) is 1.96. The van der Waals surface area contributed by atoms with Crippen LogP contribution in [0.1, 0.15) is 23.3 Å². The van der Waals surface area contributed by atoms with E-state index >= 15 is 0 Å². The van der Waals surface area contributed by atoms with Crippen LogP contribution >= 0.6 is 23.2 Å². The van der Waals surface area contributed by atoms with Gasteiger partial charge in [-0.2, -0.15) is 4.98 Å². The highest BCUT2D eigenvalue weighted by molar-refractivity contribution is 6.36. The zero-order valence-electron chi connectivity index (χ0n) is 9.31. The summed E-state index contributed by atoms with van der Waals surface area (Å²) in [6.45, 7) is -0.255. The molecule has 1 heterocycles. The average molecular weight is 288 g/mol. The minimum Gasteiger partial charge on any atom is -0.394 e. The second kappa shape index (κ2) is 5.67. The number of benzene rings is 1. The van der Waals surface area contributed by atoms with Crippen molar-refractivity contribution in [3.8, 4) is 0 Å². The summed E-state index contributed by atoms with van der Waals surface area (Å²) in [7, 11) is 0. The van der Waals surface area contributed by atoms with E-state index in [9.17, 15) is 0 Å². The van der Waals surface area contributed by atoms with Crippen molar-refractivity contribution >= 4 is 23.2 Å². The molecule has 0 radical (unpaired) electrons. The molecule has 0 aliphatic carbocycles. The van der Waals surface area contributed by atoms with Gasteiger partial charge in [0.2, 0.25) is 5.89 Å². The molecule has 0 bridgehead atoms. The third kappa shape index (κ3) is 2.81. The molecule has 1 unspecified atom stereocenters. The van der Waals surface area contributed by atoms with E-state index in [1.807, 2.05) is 0 Å². The molecule has 0 saturated heterocycles. The maximum atomic E-state index is 8.88. The molecule has 2 aromatic rings. The van der Waals surface area contributed by atoms with Crippen LogP contribution in [0.25, 0.3) is 0 Å². The highest BCUT2D eigenvalue weighted by Gasteiger charge is 2.15. The fourth-order valence-electron chi connectivity index (χ4n) is 1.43. The quantitative estimate of drug-likeness (QED) is 0.898. The Kier molecular flexibility index (Phi) is 4.19. The summed E-state index contributed by atoms with van der Waals surface area (Å²) in [5, 5.41) is 13.7. The van der Waals surface area contributed by atoms with E-state index in [0.29, 0.717) is 22.3 Å². The predicted molar refractivity (Wildman–Crippen MR) is 67.6 cm³/mol. The van der Waals surface area contributed by atoms with Gasteiger partial charge in [0, 0.05) is 16.5 Å². The Labute approximate surface area is 114 Å². The van der Waals surface area contributed by atoms with Gasteiger partial charge < -0.3 is 15.4 Å². The minimum atomic E-state index is -0.673. The standard InChI is InChI=1S/C11H11Cl2N3O2/c12-7-2-1-3-8(13)6(7)4-10-15-11(18-16-10)9(14)5-17/h1-3,9,17H,4-5,14H2. The monoisotopic (exact) mass is 287 g/mol. The number of rotatable bonds is 4. The molecule has 3 N–H and O–H groups in total. The number of hydrogen-bond acceptors (Lipinski definition) is 5. The Morgan fingerprint density at radius 1 is 1.33 bits per heavy atom. The minimum absolute atomic E-state index is 0.190. The second-order valence-electron chi connectivity index (χ2n) is 3.71. The summed E-state index contributed by atoms with van der Waals surface area (Å²) in [6, 6.07) is 4.57. The molecule has 1 atom stereocenters. The number of aliphatic hydroxyl groups excluding tert-OH is 1. The molecule has 0 saturated carbocycles. The first-order valence-electron chi connectivity index (χ1n) is 5.23. The summed E-state index contributed by atoms with van der Waals surface area (Å²) in [4.78, 5) is 4.08. The molecule has 0 aliphatic rings. The van der Waals surface area contributed by atoms with Crippen molar-refractivity contribution in [2.75, 3.05) is 6.61 Å². The largest absolute Gasteiger partial charge is 0.394 e. The van der Waals surface area contributed by atoms with Crippen molar-refractivity contribution in [3.63, 3.8) is 0 Å². The fraction of sp³-hybridized carbons (Fsp3) is 0.273. The molecule has 5 nitrogen and oxygen atoms in total. The van der Waals surface area contributed by atoms with E-state index in [2.05, 4.69) is 10.1 Å². The Balaban J connectivity index is 2.21. The van der Waals surface area contributed by atoms with Crippen LogP contribution in [-0.4, -0.2) is 21.9 Å². The highest BCUT2D eigenvalue weighted by Crippen LogP contribution is 2.26. The molecule has 2 rings (SSSR count). The lowest BCUT2D eigenvalue weighted by Crippen LogP contribution is -2.14. The van der Waals surface area contributed by atoms with Crippen molar-refractivity contribution in [2.45, 2.75) is 12.5 Å². The number of hydrogen-bond donors (Lipinski definition) is 2. The maximum absolute atomic E-state index is 8.88. The number of nitrogens with two attached hydrogens (primary N) is 1. The number of aliphatic hydroxyl groups is 1. The Hall–Kier alpha value is -1.14. The number of aromatic nitrogens is 2. The van der Waals surface area contributed by atoms with Gasteiger partial charge in [0.05, 0.1) is 6.61 Å². The summed E-state index contributed by atoms with van der Waals surface area (Å²) < 4.78 is 4.94. The SMILES string of the molecule is NC(CO)c1nc(Cc2c(Cl)cccc2Cl)no1. The molecule has 0 aliphatic heterocycles. The van der Waals surface area contributed by atoms with Crippen LogP contribution in [0.3, 0.4) is 0 Å². The van der Waals surface area contributed by atoms with Gasteiger partial charge in [-0.05, 0) is 17.7 Å². The Morgan fingerprint density at radius 3 is 2.61 bits per heavy atom. The number of halogens is 2. The molecular formula is C11H11Cl2N3O2. The maximum Gasteiger partial charge on any atom is 0.245 e. The van der Waals surface area contributed by atoms with E-state index in [1.165, 1.54) is 0 Å². The van der Waals surface area contributed by atoms with E-state index < -0.39 is 6.04 Å². The molecule has 7 heteroatoms. The van der Waals surface area contributed by atoms with Crippen LogP contribution in [-0.2, 0) is 6.42 Å². The third-order valence-electron chi connectivity index (χ3n) is 2.39. The van der Waals surface area contributed by atoms with Crippen LogP contribution in [0.15, 0.2) is 22.7 Å². The topological polar surface area (TPSA) is 85.2 Å². The van der Waals surface area contributed by atoms with Gasteiger partial charge in [0.1, 0.15) is 6.04 Å². The van der Waals surface area contributed by atoms with Gasteiger partial charge in [-0.1, -0.05) is 34.4 Å². The van der Waals surface area contributed by atoms with Gasteiger partial charge in [0.25, 0.3) is 0 Å². The van der Waals surface area contributed by atoms with E-state index in [0.717, 1.165) is 5.56 Å². The van der Waals surface area contributed by atoms with Crippen molar-refractivity contribution < 1.29 is 9.63 Å². The molecule has 0 spiro atoms. The summed E-state index contributed by atoms with van der Waals surface area (Å²) in [6.07, 6.45) is 0.347. The van der Waals surface area contributed by atoms with Crippen molar-refractivity contribution in [1.82, 2.24) is 10.1 Å². The first-order chi connectivity index (χ1) is 8.61. The molecule has 0 fully saturated rings. The first kappa shape index (κ1) is 13.3. The van der Waals surface area contributed by atoms with E-state index in [4.69, 9.17) is 38.6 Å². The van der Waals surface area contributed by atoms with Gasteiger partial charge in [-0.3, -0.25) is 0 Å². The van der Waals surface area contributed by atoms with E-state index in [-0.39, 0.29) is 12.5 Å². The number of nitrogens with zero attached hydrogens (tertiary/aromatic N) is 2. The van der Waals surface area contributed by atoms with Crippen LogP contribution < -0.4 is 5.73 Å². The smallest absolute Gasteiger partial charge is 0.245 e. The molecule has 1 aromatic heterocycles. The van der Waals surface area contributed by atoms with Crippen molar-refractivity contribution in [3.05, 3.63) is 45.5 Å². The summed E-state index contributed by atoms with van der Waals surface area (Å²) in [5.41, 5.74) is 6.29. The van der Waals surface area contributed by atoms with Crippen LogP contribution in [0, 0.1) is 0 Å². The van der Waals surface area contributed by atoms with Crippen molar-refractivity contribution in [2.24, 2.45) is 5.73 Å². The van der Waals surface area contributed by atoms with Crippen molar-refractivity contribution in [1.29, 1.82) is 0 Å². The van der Waals surface area contributed by atoms with Crippen LogP contribution in [0.4, 0.5) is 0 Å². The average Bonchev–Trinajstić information content (AvgIpc) is 2.81. The lowest BCUT2D eigenvalue weighted by molar-refractivity contribution is 0.236. The van der Waals surface area contributed by atoms with Crippen LogP contribution in [0.5, 0.6) is 0 Å². The van der Waals surface area contributed by atoms with Crippen LogP contribution in [0.2, 0.25) is 10.0 Å². The van der Waals surface area contributed by atoms with Gasteiger partial charge in [-0.25, -0.2) is 0 Å². The molecule has 1 aromatic carbocycles. The lowest BCUT2D eigenvalue weighted by atomic mass is 10.1. The Bertz CT molecular complexity index is 525. The second-order valence-corrected chi connectivity index (χ2v) is 4.53. The Morgan fingerprint density at radius 2 is 2.00 bits per heavy atom. The molecule has 18 heavy (non-hydrogen) atoms. The van der Waals surface area contributed by atoms with Gasteiger partial charge in [0.15, 0.2) is 5.82 Å². The summed E-state index contributed by atoms with van der Waals surface area (Å²) in [5.74, 6) is 0.611.